The molecular formula is C18H22O6. The van der Waals surface area contributed by atoms with Gasteiger partial charge in [-0.15, -0.1) is 0 Å². The van der Waals surface area contributed by atoms with Crippen molar-refractivity contribution in [3.05, 3.63) is 48.0 Å². The third-order valence-electron chi connectivity index (χ3n) is 4.31. The van der Waals surface area contributed by atoms with Crippen molar-refractivity contribution in [3.8, 4) is 0 Å². The van der Waals surface area contributed by atoms with Gasteiger partial charge in [0.2, 0.25) is 0 Å². The van der Waals surface area contributed by atoms with Crippen molar-refractivity contribution in [3.63, 3.8) is 0 Å². The summed E-state index contributed by atoms with van der Waals surface area (Å²) < 4.78 is 16.1. The largest absolute Gasteiger partial charge is 0.394 e. The van der Waals surface area contributed by atoms with Crippen LogP contribution in [-0.2, 0) is 20.8 Å². The van der Waals surface area contributed by atoms with E-state index in [4.69, 9.17) is 14.2 Å². The Labute approximate surface area is 140 Å². The molecule has 1 aliphatic heterocycles. The van der Waals surface area contributed by atoms with E-state index in [1.54, 1.807) is 0 Å². The second-order valence-corrected chi connectivity index (χ2v) is 5.90. The summed E-state index contributed by atoms with van der Waals surface area (Å²) in [6, 6.07) is 13.9. The summed E-state index contributed by atoms with van der Waals surface area (Å²) in [5, 5.41) is 32.0. The number of benzene rings is 2. The second-order valence-electron chi connectivity index (χ2n) is 5.90. The van der Waals surface area contributed by atoms with E-state index in [1.165, 1.54) is 7.11 Å². The van der Waals surface area contributed by atoms with Crippen LogP contribution in [0.5, 0.6) is 0 Å². The van der Waals surface area contributed by atoms with Gasteiger partial charge in [0.15, 0.2) is 6.29 Å². The van der Waals surface area contributed by atoms with Crippen molar-refractivity contribution >= 4 is 10.8 Å². The van der Waals surface area contributed by atoms with E-state index in [0.717, 1.165) is 16.3 Å². The number of hydrogen-bond acceptors (Lipinski definition) is 6. The van der Waals surface area contributed by atoms with Gasteiger partial charge in [-0.2, -0.15) is 0 Å². The summed E-state index contributed by atoms with van der Waals surface area (Å²) in [6.07, 6.45) is -5.01. The van der Waals surface area contributed by atoms with Gasteiger partial charge in [-0.25, -0.2) is 0 Å². The average molecular weight is 334 g/mol. The van der Waals surface area contributed by atoms with Crippen LogP contribution >= 0.6 is 0 Å². The van der Waals surface area contributed by atoms with Crippen LogP contribution in [0.25, 0.3) is 10.8 Å². The number of fused-ring (bicyclic) bond motifs is 1. The predicted molar refractivity (Wildman–Crippen MR) is 87.3 cm³/mol. The van der Waals surface area contributed by atoms with Crippen molar-refractivity contribution < 1.29 is 29.5 Å². The Balaban J connectivity index is 1.72. The summed E-state index contributed by atoms with van der Waals surface area (Å²) >= 11 is 0. The Morgan fingerprint density at radius 1 is 1.04 bits per heavy atom. The standard InChI is InChI=1S/C18H22O6/c1-22-18-16(21)17(15(20)14(9-19)24-18)23-10-11-6-7-12-4-2-3-5-13(12)8-11/h2-8,14-21H,9-10H2,1H3/t14-,15+,16-,17+,18+/m1/s1. The number of hydrogen-bond donors (Lipinski definition) is 3. The first kappa shape index (κ1) is 17.3. The Hall–Kier alpha value is -1.54. The fourth-order valence-corrected chi connectivity index (χ4v) is 2.97. The lowest BCUT2D eigenvalue weighted by Crippen LogP contribution is -2.59. The summed E-state index contributed by atoms with van der Waals surface area (Å²) in [4.78, 5) is 0. The molecule has 2 aromatic rings. The molecule has 2 aromatic carbocycles. The zero-order chi connectivity index (χ0) is 17.1. The molecule has 0 saturated carbocycles. The van der Waals surface area contributed by atoms with Crippen LogP contribution in [0.3, 0.4) is 0 Å². The molecule has 0 amide bonds. The Morgan fingerprint density at radius 2 is 1.79 bits per heavy atom. The van der Waals surface area contributed by atoms with Gasteiger partial charge in [-0.05, 0) is 22.4 Å². The molecule has 6 heteroatoms. The number of aliphatic hydroxyl groups excluding tert-OH is 3. The zero-order valence-corrected chi connectivity index (χ0v) is 13.4. The molecule has 0 unspecified atom stereocenters. The Bertz CT molecular complexity index is 659. The van der Waals surface area contributed by atoms with E-state index in [1.807, 2.05) is 42.5 Å². The van der Waals surface area contributed by atoms with Crippen molar-refractivity contribution in [1.29, 1.82) is 0 Å². The molecule has 0 bridgehead atoms. The first-order valence-corrected chi connectivity index (χ1v) is 7.88. The maximum absolute atomic E-state index is 10.2. The molecular weight excluding hydrogens is 312 g/mol. The molecule has 1 saturated heterocycles. The Morgan fingerprint density at radius 3 is 2.50 bits per heavy atom. The molecule has 0 aliphatic carbocycles. The fourth-order valence-electron chi connectivity index (χ4n) is 2.97. The van der Waals surface area contributed by atoms with Gasteiger partial charge in [-0.1, -0.05) is 36.4 Å². The molecule has 1 aliphatic rings. The third-order valence-corrected chi connectivity index (χ3v) is 4.31. The van der Waals surface area contributed by atoms with Crippen molar-refractivity contribution in [2.24, 2.45) is 0 Å². The number of methoxy groups -OCH3 is 1. The van der Waals surface area contributed by atoms with Gasteiger partial charge in [0.25, 0.3) is 0 Å². The topological polar surface area (TPSA) is 88.4 Å². The highest BCUT2D eigenvalue weighted by atomic mass is 16.7. The molecule has 6 nitrogen and oxygen atoms in total. The first-order chi connectivity index (χ1) is 11.6. The molecule has 1 heterocycles. The molecule has 0 aromatic heterocycles. The lowest BCUT2D eigenvalue weighted by atomic mass is 9.99. The van der Waals surface area contributed by atoms with E-state index in [-0.39, 0.29) is 13.2 Å². The minimum Gasteiger partial charge on any atom is -0.394 e. The number of aliphatic hydroxyl groups is 3. The highest BCUT2D eigenvalue weighted by Gasteiger charge is 2.45. The average Bonchev–Trinajstić information content (AvgIpc) is 2.61. The summed E-state index contributed by atoms with van der Waals surface area (Å²) in [6.45, 7) is -0.165. The molecule has 24 heavy (non-hydrogen) atoms. The molecule has 3 N–H and O–H groups in total. The van der Waals surface area contributed by atoms with Gasteiger partial charge in [-0.3, -0.25) is 0 Å². The monoisotopic (exact) mass is 334 g/mol. The maximum Gasteiger partial charge on any atom is 0.186 e. The maximum atomic E-state index is 10.2. The van der Waals surface area contributed by atoms with Crippen LogP contribution in [0.4, 0.5) is 0 Å². The van der Waals surface area contributed by atoms with Gasteiger partial charge in [0.1, 0.15) is 24.4 Å². The van der Waals surface area contributed by atoms with Crippen LogP contribution in [0.1, 0.15) is 5.56 Å². The summed E-state index contributed by atoms with van der Waals surface area (Å²) in [5.41, 5.74) is 0.925. The van der Waals surface area contributed by atoms with Crippen LogP contribution in [0.2, 0.25) is 0 Å². The lowest BCUT2D eigenvalue weighted by molar-refractivity contribution is -0.303. The van der Waals surface area contributed by atoms with Crippen molar-refractivity contribution in [1.82, 2.24) is 0 Å². The summed E-state index contributed by atoms with van der Waals surface area (Å²) in [7, 11) is 1.39. The third kappa shape index (κ3) is 3.44. The quantitative estimate of drug-likeness (QED) is 0.750. The smallest absolute Gasteiger partial charge is 0.186 e. The number of ether oxygens (including phenoxy) is 3. The van der Waals surface area contributed by atoms with E-state index in [2.05, 4.69) is 0 Å². The van der Waals surface area contributed by atoms with Gasteiger partial charge < -0.3 is 29.5 Å². The summed E-state index contributed by atoms with van der Waals surface area (Å²) in [5.74, 6) is 0. The zero-order valence-electron chi connectivity index (χ0n) is 13.4. The first-order valence-electron chi connectivity index (χ1n) is 7.88. The minimum atomic E-state index is -1.15. The molecule has 5 atom stereocenters. The molecule has 1 fully saturated rings. The minimum absolute atomic E-state index is 0.220. The molecule has 130 valence electrons. The lowest BCUT2D eigenvalue weighted by Gasteiger charge is -2.41. The normalized spacial score (nSPS) is 30.6. The van der Waals surface area contributed by atoms with Crippen molar-refractivity contribution in [2.75, 3.05) is 13.7 Å². The molecule has 3 rings (SSSR count). The van der Waals surface area contributed by atoms with Crippen LogP contribution in [0, 0.1) is 0 Å². The van der Waals surface area contributed by atoms with E-state index in [0.29, 0.717) is 0 Å². The highest BCUT2D eigenvalue weighted by Crippen LogP contribution is 2.25. The molecule has 0 radical (unpaired) electrons. The van der Waals surface area contributed by atoms with Crippen LogP contribution in [0.15, 0.2) is 42.5 Å². The van der Waals surface area contributed by atoms with Crippen LogP contribution < -0.4 is 0 Å². The SMILES string of the molecule is CO[C@H]1O[C@H](CO)[C@H](O)[C@H](OCc2ccc3ccccc3c2)[C@H]1O. The van der Waals surface area contributed by atoms with E-state index in [9.17, 15) is 15.3 Å². The van der Waals surface area contributed by atoms with Gasteiger partial charge in [0, 0.05) is 7.11 Å². The van der Waals surface area contributed by atoms with Gasteiger partial charge in [0.05, 0.1) is 13.2 Å². The second kappa shape index (κ2) is 7.57. The van der Waals surface area contributed by atoms with Gasteiger partial charge >= 0.3 is 0 Å². The Kier molecular flexibility index (Phi) is 5.45. The van der Waals surface area contributed by atoms with E-state index < -0.39 is 30.7 Å². The predicted octanol–water partition coefficient (Wildman–Crippen LogP) is 0.810. The fraction of sp³-hybridized carbons (Fsp3) is 0.444. The molecule has 0 spiro atoms. The highest BCUT2D eigenvalue weighted by molar-refractivity contribution is 5.82. The number of rotatable bonds is 5. The van der Waals surface area contributed by atoms with Crippen molar-refractivity contribution in [2.45, 2.75) is 37.3 Å². The van der Waals surface area contributed by atoms with Crippen LogP contribution in [-0.4, -0.2) is 59.7 Å². The van der Waals surface area contributed by atoms with E-state index >= 15 is 0 Å².